The molecule has 0 bridgehead atoms. The van der Waals surface area contributed by atoms with Crippen molar-refractivity contribution in [3.63, 3.8) is 0 Å². The van der Waals surface area contributed by atoms with Crippen molar-refractivity contribution >= 4 is 23.0 Å². The second-order valence-electron chi connectivity index (χ2n) is 5.92. The van der Waals surface area contributed by atoms with Crippen LogP contribution >= 0.6 is 0 Å². The van der Waals surface area contributed by atoms with Crippen molar-refractivity contribution in [2.24, 2.45) is 0 Å². The minimum Gasteiger partial charge on any atom is -0.497 e. The van der Waals surface area contributed by atoms with E-state index in [2.05, 4.69) is 46.6 Å². The summed E-state index contributed by atoms with van der Waals surface area (Å²) in [7, 11) is 3.25. The molecule has 6 nitrogen and oxygen atoms in total. The first kappa shape index (κ1) is 17.5. The van der Waals surface area contributed by atoms with Gasteiger partial charge in [0.15, 0.2) is 0 Å². The quantitative estimate of drug-likeness (QED) is 0.677. The number of aryl methyl sites for hydroxylation is 2. The molecule has 0 aliphatic carbocycles. The normalized spacial score (nSPS) is 10.3. The lowest BCUT2D eigenvalue weighted by Gasteiger charge is -2.13. The smallest absolute Gasteiger partial charge is 0.142 e. The molecule has 0 saturated carbocycles. The highest BCUT2D eigenvalue weighted by Gasteiger charge is 2.08. The molecule has 0 radical (unpaired) electrons. The zero-order valence-corrected chi connectivity index (χ0v) is 15.3. The van der Waals surface area contributed by atoms with Gasteiger partial charge in [0.25, 0.3) is 0 Å². The van der Waals surface area contributed by atoms with Crippen molar-refractivity contribution < 1.29 is 9.47 Å². The molecule has 0 aliphatic heterocycles. The van der Waals surface area contributed by atoms with Crippen LogP contribution in [0.15, 0.2) is 48.8 Å². The molecule has 134 valence electrons. The summed E-state index contributed by atoms with van der Waals surface area (Å²) >= 11 is 0. The molecular formula is C20H22N4O2. The van der Waals surface area contributed by atoms with Crippen LogP contribution in [0.25, 0.3) is 0 Å². The van der Waals surface area contributed by atoms with E-state index < -0.39 is 0 Å². The van der Waals surface area contributed by atoms with Gasteiger partial charge in [0.05, 0.1) is 19.9 Å². The zero-order chi connectivity index (χ0) is 18.5. The van der Waals surface area contributed by atoms with Gasteiger partial charge in [0.2, 0.25) is 0 Å². The van der Waals surface area contributed by atoms with Crippen LogP contribution < -0.4 is 20.1 Å². The average Bonchev–Trinajstić information content (AvgIpc) is 2.64. The van der Waals surface area contributed by atoms with Gasteiger partial charge in [-0.15, -0.1) is 0 Å². The van der Waals surface area contributed by atoms with Gasteiger partial charge in [-0.1, -0.05) is 17.7 Å². The highest BCUT2D eigenvalue weighted by Crippen LogP contribution is 2.31. The number of methoxy groups -OCH3 is 2. The van der Waals surface area contributed by atoms with Crippen LogP contribution in [0.1, 0.15) is 11.1 Å². The van der Waals surface area contributed by atoms with Crippen LogP contribution in [0.3, 0.4) is 0 Å². The lowest BCUT2D eigenvalue weighted by atomic mass is 10.1. The first-order chi connectivity index (χ1) is 12.6. The first-order valence-corrected chi connectivity index (χ1v) is 8.24. The molecule has 6 heteroatoms. The minimum absolute atomic E-state index is 0.652. The maximum absolute atomic E-state index is 5.39. The van der Waals surface area contributed by atoms with Gasteiger partial charge in [0.1, 0.15) is 29.5 Å². The van der Waals surface area contributed by atoms with Crippen molar-refractivity contribution in [3.05, 3.63) is 59.9 Å². The maximum atomic E-state index is 5.39. The SMILES string of the molecule is COc1ccc(OC)c(Nc2cc(Nc3ccc(C)cc3C)ncn2)c1. The number of hydrogen-bond acceptors (Lipinski definition) is 6. The number of nitrogens with one attached hydrogen (secondary N) is 2. The number of nitrogens with zero attached hydrogens (tertiary/aromatic N) is 2. The molecule has 2 N–H and O–H groups in total. The highest BCUT2D eigenvalue weighted by molar-refractivity contribution is 5.69. The van der Waals surface area contributed by atoms with Crippen LogP contribution in [0, 0.1) is 13.8 Å². The standard InChI is InChI=1S/C20H22N4O2/c1-13-5-7-16(14(2)9-13)23-19-11-20(22-12-21-19)24-17-10-15(25-3)6-8-18(17)26-4/h5-12H,1-4H3,(H2,21,22,23,24). The van der Waals surface area contributed by atoms with E-state index in [1.165, 1.54) is 11.9 Å². The molecule has 0 unspecified atom stereocenters. The third kappa shape index (κ3) is 4.03. The van der Waals surface area contributed by atoms with Gasteiger partial charge in [-0.2, -0.15) is 0 Å². The summed E-state index contributed by atoms with van der Waals surface area (Å²) in [6, 6.07) is 13.6. The number of rotatable bonds is 6. The van der Waals surface area contributed by atoms with E-state index in [0.717, 1.165) is 22.7 Å². The molecule has 0 fully saturated rings. The molecule has 0 saturated heterocycles. The molecule has 2 aromatic carbocycles. The largest absolute Gasteiger partial charge is 0.497 e. The van der Waals surface area contributed by atoms with Crippen LogP contribution in [-0.4, -0.2) is 24.2 Å². The average molecular weight is 350 g/mol. The van der Waals surface area contributed by atoms with E-state index in [-0.39, 0.29) is 0 Å². The van der Waals surface area contributed by atoms with Crippen molar-refractivity contribution in [1.29, 1.82) is 0 Å². The predicted molar refractivity (Wildman–Crippen MR) is 104 cm³/mol. The Morgan fingerprint density at radius 3 is 2.15 bits per heavy atom. The second kappa shape index (κ2) is 7.74. The fraction of sp³-hybridized carbons (Fsp3) is 0.200. The lowest BCUT2D eigenvalue weighted by molar-refractivity contribution is 0.405. The van der Waals surface area contributed by atoms with Gasteiger partial charge in [-0.3, -0.25) is 0 Å². The minimum atomic E-state index is 0.652. The van der Waals surface area contributed by atoms with Crippen molar-refractivity contribution in [1.82, 2.24) is 9.97 Å². The Bertz CT molecular complexity index is 912. The van der Waals surface area contributed by atoms with Crippen molar-refractivity contribution in [2.45, 2.75) is 13.8 Å². The Morgan fingerprint density at radius 2 is 1.50 bits per heavy atom. The Labute approximate surface area is 153 Å². The van der Waals surface area contributed by atoms with E-state index in [1.807, 2.05) is 30.3 Å². The van der Waals surface area contributed by atoms with Crippen LogP contribution in [0.4, 0.5) is 23.0 Å². The van der Waals surface area contributed by atoms with E-state index in [4.69, 9.17) is 9.47 Å². The van der Waals surface area contributed by atoms with Gasteiger partial charge in [-0.05, 0) is 37.6 Å². The van der Waals surface area contributed by atoms with E-state index in [9.17, 15) is 0 Å². The van der Waals surface area contributed by atoms with E-state index >= 15 is 0 Å². The van der Waals surface area contributed by atoms with Crippen molar-refractivity contribution in [2.75, 3.05) is 24.9 Å². The molecule has 0 aliphatic rings. The molecular weight excluding hydrogens is 328 g/mol. The highest BCUT2D eigenvalue weighted by atomic mass is 16.5. The summed E-state index contributed by atoms with van der Waals surface area (Å²) in [6.07, 6.45) is 1.51. The molecule has 0 spiro atoms. The van der Waals surface area contributed by atoms with Crippen LogP contribution in [0.2, 0.25) is 0 Å². The number of ether oxygens (including phenoxy) is 2. The fourth-order valence-electron chi connectivity index (χ4n) is 2.64. The number of hydrogen-bond donors (Lipinski definition) is 2. The number of anilines is 4. The van der Waals surface area contributed by atoms with Crippen LogP contribution in [-0.2, 0) is 0 Å². The summed E-state index contributed by atoms with van der Waals surface area (Å²) in [4.78, 5) is 8.58. The van der Waals surface area contributed by atoms with E-state index in [1.54, 1.807) is 14.2 Å². The number of aromatic nitrogens is 2. The molecule has 1 heterocycles. The first-order valence-electron chi connectivity index (χ1n) is 8.24. The van der Waals surface area contributed by atoms with E-state index in [0.29, 0.717) is 17.4 Å². The fourth-order valence-corrected chi connectivity index (χ4v) is 2.64. The maximum Gasteiger partial charge on any atom is 0.142 e. The summed E-state index contributed by atoms with van der Waals surface area (Å²) in [5.41, 5.74) is 4.16. The summed E-state index contributed by atoms with van der Waals surface area (Å²) in [5.74, 6) is 2.79. The lowest BCUT2D eigenvalue weighted by Crippen LogP contribution is -2.01. The van der Waals surface area contributed by atoms with Gasteiger partial charge in [-0.25, -0.2) is 9.97 Å². The Morgan fingerprint density at radius 1 is 0.769 bits per heavy atom. The summed E-state index contributed by atoms with van der Waals surface area (Å²) in [5, 5.41) is 6.58. The van der Waals surface area contributed by atoms with Gasteiger partial charge < -0.3 is 20.1 Å². The van der Waals surface area contributed by atoms with Crippen LogP contribution in [0.5, 0.6) is 11.5 Å². The predicted octanol–water partition coefficient (Wildman–Crippen LogP) is 4.60. The molecule has 26 heavy (non-hydrogen) atoms. The van der Waals surface area contributed by atoms with Crippen molar-refractivity contribution in [3.8, 4) is 11.5 Å². The number of benzene rings is 2. The Hall–Kier alpha value is -3.28. The summed E-state index contributed by atoms with van der Waals surface area (Å²) in [6.45, 7) is 4.14. The zero-order valence-electron chi connectivity index (χ0n) is 15.3. The summed E-state index contributed by atoms with van der Waals surface area (Å²) < 4.78 is 10.7. The Balaban J connectivity index is 1.84. The molecule has 0 atom stereocenters. The topological polar surface area (TPSA) is 68.3 Å². The van der Waals surface area contributed by atoms with Gasteiger partial charge in [0, 0.05) is 17.8 Å². The molecule has 1 aromatic heterocycles. The van der Waals surface area contributed by atoms with Gasteiger partial charge >= 0.3 is 0 Å². The Kier molecular flexibility index (Phi) is 5.22. The molecule has 3 aromatic rings. The third-order valence-corrected chi connectivity index (χ3v) is 3.98. The monoisotopic (exact) mass is 350 g/mol. The second-order valence-corrected chi connectivity index (χ2v) is 5.92. The third-order valence-electron chi connectivity index (χ3n) is 3.98. The molecule has 3 rings (SSSR count). The molecule has 0 amide bonds.